The highest BCUT2D eigenvalue weighted by Gasteiger charge is 2.34. The number of nitrogens with one attached hydrogen (secondary N) is 1. The zero-order chi connectivity index (χ0) is 19.2. The average Bonchev–Trinajstić information content (AvgIpc) is 2.73. The van der Waals surface area contributed by atoms with Gasteiger partial charge < -0.3 is 36.5 Å². The van der Waals surface area contributed by atoms with Gasteiger partial charge in [-0.15, -0.1) is 0 Å². The smallest absolute Gasteiger partial charge is 0.216 e. The highest BCUT2D eigenvalue weighted by atomic mass is 79.9. The Bertz CT molecular complexity index is 748. The van der Waals surface area contributed by atoms with E-state index < -0.39 is 6.10 Å². The molecule has 1 aliphatic rings. The summed E-state index contributed by atoms with van der Waals surface area (Å²) in [7, 11) is 3.24. The highest BCUT2D eigenvalue weighted by molar-refractivity contribution is 5.96. The third kappa shape index (κ3) is 5.34. The minimum absolute atomic E-state index is 0. The lowest BCUT2D eigenvalue weighted by atomic mass is 9.92. The lowest BCUT2D eigenvalue weighted by molar-refractivity contribution is -0.927. The van der Waals surface area contributed by atoms with E-state index in [9.17, 15) is 9.90 Å². The second-order valence-corrected chi connectivity index (χ2v) is 7.06. The Kier molecular flexibility index (Phi) is 8.48. The molecular weight excluding hydrogens is 422 g/mol. The first-order chi connectivity index (χ1) is 13.1. The largest absolute Gasteiger partial charge is 1.00 e. The number of halogens is 1. The van der Waals surface area contributed by atoms with Crippen LogP contribution in [0.3, 0.4) is 0 Å². The summed E-state index contributed by atoms with van der Waals surface area (Å²) in [5.41, 5.74) is 1.56. The summed E-state index contributed by atoms with van der Waals surface area (Å²) < 4.78 is 10.3. The maximum absolute atomic E-state index is 12.7. The van der Waals surface area contributed by atoms with Gasteiger partial charge in [-0.3, -0.25) is 4.79 Å². The van der Waals surface area contributed by atoms with Crippen LogP contribution in [-0.4, -0.2) is 44.2 Å². The molecule has 3 atom stereocenters. The molecular formula is C22H28BrNO4. The molecule has 1 fully saturated rings. The average molecular weight is 450 g/mol. The number of Topliss-reactive ketones (excluding diaryl/α,β-unsaturated/α-hetero) is 1. The van der Waals surface area contributed by atoms with Gasteiger partial charge in [-0.2, -0.15) is 0 Å². The van der Waals surface area contributed by atoms with Gasteiger partial charge in [-0.25, -0.2) is 0 Å². The van der Waals surface area contributed by atoms with Gasteiger partial charge in [-0.05, 0) is 54.8 Å². The van der Waals surface area contributed by atoms with E-state index in [1.807, 2.05) is 36.4 Å². The van der Waals surface area contributed by atoms with E-state index in [1.54, 1.807) is 26.4 Å². The monoisotopic (exact) mass is 449 g/mol. The number of rotatable bonds is 7. The fraction of sp³-hybridized carbons (Fsp3) is 0.409. The third-order valence-corrected chi connectivity index (χ3v) is 5.43. The van der Waals surface area contributed by atoms with Crippen LogP contribution in [0.2, 0.25) is 0 Å². The molecule has 2 aromatic carbocycles. The zero-order valence-electron chi connectivity index (χ0n) is 16.4. The second kappa shape index (κ2) is 10.6. The Morgan fingerprint density at radius 1 is 1.04 bits per heavy atom. The van der Waals surface area contributed by atoms with Crippen molar-refractivity contribution in [3.05, 3.63) is 59.7 Å². The Morgan fingerprint density at radius 2 is 1.61 bits per heavy atom. The lowest BCUT2D eigenvalue weighted by Gasteiger charge is -2.35. The number of hydrogen-bond acceptors (Lipinski definition) is 4. The molecule has 0 amide bonds. The predicted molar refractivity (Wildman–Crippen MR) is 104 cm³/mol. The van der Waals surface area contributed by atoms with Crippen molar-refractivity contribution >= 4 is 5.78 Å². The van der Waals surface area contributed by atoms with Crippen LogP contribution in [0.1, 0.15) is 41.3 Å². The van der Waals surface area contributed by atoms with Crippen LogP contribution < -0.4 is 31.4 Å². The molecule has 3 unspecified atom stereocenters. The van der Waals surface area contributed by atoms with Crippen molar-refractivity contribution in [3.63, 3.8) is 0 Å². The first-order valence-electron chi connectivity index (χ1n) is 9.46. The Hall–Kier alpha value is -1.89. The number of piperidine rings is 1. The number of aliphatic hydroxyl groups excluding tert-OH is 1. The van der Waals surface area contributed by atoms with E-state index in [1.165, 1.54) is 0 Å². The molecule has 28 heavy (non-hydrogen) atoms. The summed E-state index contributed by atoms with van der Waals surface area (Å²) in [6.07, 6.45) is 2.49. The van der Waals surface area contributed by atoms with Gasteiger partial charge in [0, 0.05) is 12.0 Å². The SMILES string of the molecule is COc1ccc(C(=O)C[NH+]2CCCCC2C(O)c2ccc(OC)cc2)cc1.[Br-]. The molecule has 1 aliphatic heterocycles. The van der Waals surface area contributed by atoms with E-state index in [0.29, 0.717) is 12.1 Å². The first kappa shape index (κ1) is 22.4. The molecule has 0 aromatic heterocycles. The Labute approximate surface area is 177 Å². The van der Waals surface area contributed by atoms with Gasteiger partial charge in [0.25, 0.3) is 0 Å². The van der Waals surface area contributed by atoms with Crippen molar-refractivity contribution < 1.29 is 41.3 Å². The van der Waals surface area contributed by atoms with Crippen molar-refractivity contribution in [2.45, 2.75) is 31.4 Å². The number of benzene rings is 2. The topological polar surface area (TPSA) is 60.2 Å². The number of aliphatic hydroxyl groups is 1. The molecule has 0 saturated carbocycles. The van der Waals surface area contributed by atoms with Gasteiger partial charge in [0.2, 0.25) is 5.78 Å². The molecule has 1 heterocycles. The molecule has 2 aromatic rings. The number of ether oxygens (including phenoxy) is 2. The highest BCUT2D eigenvalue weighted by Crippen LogP contribution is 2.23. The molecule has 0 bridgehead atoms. The van der Waals surface area contributed by atoms with Gasteiger partial charge >= 0.3 is 0 Å². The van der Waals surface area contributed by atoms with Gasteiger partial charge in [-0.1, -0.05) is 12.1 Å². The summed E-state index contributed by atoms with van der Waals surface area (Å²) in [5, 5.41) is 10.9. The molecule has 0 radical (unpaired) electrons. The molecule has 1 saturated heterocycles. The Balaban J connectivity index is 0.00000280. The van der Waals surface area contributed by atoms with Gasteiger partial charge in [0.05, 0.1) is 20.8 Å². The van der Waals surface area contributed by atoms with Crippen LogP contribution in [0.5, 0.6) is 11.5 Å². The van der Waals surface area contributed by atoms with E-state index in [0.717, 1.165) is 47.8 Å². The van der Waals surface area contributed by atoms with Crippen molar-refractivity contribution in [1.82, 2.24) is 0 Å². The maximum atomic E-state index is 12.7. The van der Waals surface area contributed by atoms with Crippen LogP contribution in [-0.2, 0) is 0 Å². The normalized spacial score (nSPS) is 20.0. The van der Waals surface area contributed by atoms with Crippen LogP contribution in [0.4, 0.5) is 0 Å². The number of hydrogen-bond donors (Lipinski definition) is 2. The molecule has 0 aliphatic carbocycles. The molecule has 152 valence electrons. The van der Waals surface area contributed by atoms with E-state index >= 15 is 0 Å². The van der Waals surface area contributed by atoms with Crippen molar-refractivity contribution in [3.8, 4) is 11.5 Å². The van der Waals surface area contributed by atoms with Crippen molar-refractivity contribution in [1.29, 1.82) is 0 Å². The van der Waals surface area contributed by atoms with Crippen molar-refractivity contribution in [2.24, 2.45) is 0 Å². The summed E-state index contributed by atoms with van der Waals surface area (Å²) >= 11 is 0. The lowest BCUT2D eigenvalue weighted by Crippen LogP contribution is -3.17. The molecule has 0 spiro atoms. The number of ketones is 1. The number of methoxy groups -OCH3 is 2. The zero-order valence-corrected chi connectivity index (χ0v) is 17.9. The van der Waals surface area contributed by atoms with Crippen molar-refractivity contribution in [2.75, 3.05) is 27.3 Å². The molecule has 6 heteroatoms. The summed E-state index contributed by atoms with van der Waals surface area (Å²) in [6.45, 7) is 1.30. The minimum Gasteiger partial charge on any atom is -1.00 e. The van der Waals surface area contributed by atoms with Crippen LogP contribution >= 0.6 is 0 Å². The fourth-order valence-electron chi connectivity index (χ4n) is 3.83. The molecule has 3 rings (SSSR count). The summed E-state index contributed by atoms with van der Waals surface area (Å²) in [6, 6.07) is 14.8. The fourth-order valence-corrected chi connectivity index (χ4v) is 3.83. The second-order valence-electron chi connectivity index (χ2n) is 7.06. The molecule has 5 nitrogen and oxygen atoms in total. The standard InChI is InChI=1S/C22H27NO4.BrH/c1-26-18-10-6-16(7-11-18)21(24)15-23-14-4-3-5-20(23)22(25)17-8-12-19(27-2)13-9-17;/h6-13,20,22,25H,3-5,14-15H2,1-2H3;1H. The maximum Gasteiger partial charge on any atom is 0.216 e. The third-order valence-electron chi connectivity index (χ3n) is 5.43. The Morgan fingerprint density at radius 3 is 2.18 bits per heavy atom. The van der Waals surface area contributed by atoms with Crippen LogP contribution in [0.25, 0.3) is 0 Å². The predicted octanol–water partition coefficient (Wildman–Crippen LogP) is -0.938. The number of likely N-dealkylation sites (tertiary alicyclic amines) is 1. The van der Waals surface area contributed by atoms with E-state index in [2.05, 4.69) is 0 Å². The van der Waals surface area contributed by atoms with E-state index in [4.69, 9.17) is 9.47 Å². The summed E-state index contributed by atoms with van der Waals surface area (Å²) in [4.78, 5) is 13.9. The quantitative estimate of drug-likeness (QED) is 0.535. The van der Waals surface area contributed by atoms with Gasteiger partial charge in [0.1, 0.15) is 30.2 Å². The van der Waals surface area contributed by atoms with Crippen LogP contribution in [0, 0.1) is 0 Å². The first-order valence-corrected chi connectivity index (χ1v) is 9.46. The van der Waals surface area contributed by atoms with Crippen LogP contribution in [0.15, 0.2) is 48.5 Å². The number of carbonyl (C=O) groups excluding carboxylic acids is 1. The summed E-state index contributed by atoms with van der Waals surface area (Å²) in [5.74, 6) is 1.61. The van der Waals surface area contributed by atoms with E-state index in [-0.39, 0.29) is 28.8 Å². The molecule has 2 N–H and O–H groups in total. The minimum atomic E-state index is -0.588. The van der Waals surface area contributed by atoms with Gasteiger partial charge in [0.15, 0.2) is 0 Å². The number of quaternary nitrogens is 1. The number of carbonyl (C=O) groups is 1.